The van der Waals surface area contributed by atoms with E-state index < -0.39 is 0 Å². The van der Waals surface area contributed by atoms with E-state index >= 15 is 0 Å². The standard InChI is InChI=1S/C25H15NS/c1-2-9-17-16(8-1)23(20-12-7-15-26-25(17)20)24-18-10-3-5-13-21(18)27-22-14-6-4-11-19(22)24/h1-15H. The number of nitrogens with zero attached hydrogens (tertiary/aromatic N) is 1. The van der Waals surface area contributed by atoms with Crippen LogP contribution in [0.1, 0.15) is 22.3 Å². The molecule has 6 rings (SSSR count). The summed E-state index contributed by atoms with van der Waals surface area (Å²) in [6.07, 6.45) is 1.89. The maximum absolute atomic E-state index is 4.72. The summed E-state index contributed by atoms with van der Waals surface area (Å²) in [5.74, 6) is 0. The first-order valence-electron chi connectivity index (χ1n) is 9.08. The lowest BCUT2D eigenvalue weighted by Gasteiger charge is -2.24. The highest BCUT2D eigenvalue weighted by molar-refractivity contribution is 7.99. The molecule has 0 fully saturated rings. The third-order valence-corrected chi connectivity index (χ3v) is 6.46. The van der Waals surface area contributed by atoms with Gasteiger partial charge in [-0.2, -0.15) is 0 Å². The van der Waals surface area contributed by atoms with Crippen LogP contribution in [0.2, 0.25) is 0 Å². The molecule has 0 N–H and O–H groups in total. The van der Waals surface area contributed by atoms with Crippen molar-refractivity contribution in [3.05, 3.63) is 113 Å². The molecule has 1 aliphatic carbocycles. The number of benzene rings is 3. The lowest BCUT2D eigenvalue weighted by molar-refractivity contribution is 1.29. The number of hydrogen-bond acceptors (Lipinski definition) is 2. The molecule has 2 aliphatic rings. The van der Waals surface area contributed by atoms with Gasteiger partial charge in [0.25, 0.3) is 0 Å². The molecule has 0 bridgehead atoms. The van der Waals surface area contributed by atoms with Crippen molar-refractivity contribution >= 4 is 22.9 Å². The van der Waals surface area contributed by atoms with Crippen molar-refractivity contribution in [2.75, 3.05) is 0 Å². The smallest absolute Gasteiger partial charge is 0.0786 e. The molecule has 1 aliphatic heterocycles. The van der Waals surface area contributed by atoms with Crippen LogP contribution >= 0.6 is 11.8 Å². The fourth-order valence-electron chi connectivity index (χ4n) is 4.20. The normalized spacial score (nSPS) is 13.6. The average Bonchev–Trinajstić information content (AvgIpc) is 3.06. The molecule has 4 aromatic rings. The summed E-state index contributed by atoms with van der Waals surface area (Å²) in [6.45, 7) is 0. The van der Waals surface area contributed by atoms with Gasteiger partial charge in [-0.1, -0.05) is 78.5 Å². The fraction of sp³-hybridized carbons (Fsp3) is 0. The Morgan fingerprint density at radius 3 is 1.70 bits per heavy atom. The molecule has 27 heavy (non-hydrogen) atoms. The van der Waals surface area contributed by atoms with Gasteiger partial charge in [-0.25, -0.2) is 0 Å². The van der Waals surface area contributed by atoms with Gasteiger partial charge in [-0.15, -0.1) is 0 Å². The Kier molecular flexibility index (Phi) is 3.17. The van der Waals surface area contributed by atoms with Crippen LogP contribution in [0.5, 0.6) is 0 Å². The minimum absolute atomic E-state index is 1.09. The second-order valence-electron chi connectivity index (χ2n) is 6.79. The molecule has 0 saturated carbocycles. The topological polar surface area (TPSA) is 12.9 Å². The molecule has 126 valence electrons. The van der Waals surface area contributed by atoms with Crippen LogP contribution in [-0.2, 0) is 0 Å². The van der Waals surface area contributed by atoms with Gasteiger partial charge in [0, 0.05) is 32.7 Å². The molecule has 0 saturated heterocycles. The van der Waals surface area contributed by atoms with Gasteiger partial charge in [-0.05, 0) is 40.5 Å². The maximum Gasteiger partial charge on any atom is 0.0786 e. The summed E-state index contributed by atoms with van der Waals surface area (Å²) < 4.78 is 0. The Morgan fingerprint density at radius 2 is 1.00 bits per heavy atom. The first-order valence-corrected chi connectivity index (χ1v) is 9.89. The first kappa shape index (κ1) is 15.0. The van der Waals surface area contributed by atoms with Gasteiger partial charge in [0.15, 0.2) is 0 Å². The third kappa shape index (κ3) is 2.11. The zero-order valence-electron chi connectivity index (χ0n) is 14.5. The Labute approximate surface area is 162 Å². The molecule has 0 radical (unpaired) electrons. The molecule has 0 atom stereocenters. The van der Waals surface area contributed by atoms with Crippen LogP contribution in [0.25, 0.3) is 22.4 Å². The van der Waals surface area contributed by atoms with Crippen LogP contribution in [0.3, 0.4) is 0 Å². The molecular weight excluding hydrogens is 346 g/mol. The van der Waals surface area contributed by atoms with Crippen LogP contribution in [0, 0.1) is 0 Å². The van der Waals surface area contributed by atoms with Crippen LogP contribution in [0.4, 0.5) is 0 Å². The predicted octanol–water partition coefficient (Wildman–Crippen LogP) is 6.53. The molecule has 0 unspecified atom stereocenters. The maximum atomic E-state index is 4.72. The Bertz CT molecular complexity index is 1160. The molecule has 0 amide bonds. The number of fused-ring (bicyclic) bond motifs is 5. The number of rotatable bonds is 0. The number of pyridine rings is 1. The highest BCUT2D eigenvalue weighted by atomic mass is 32.2. The summed E-state index contributed by atoms with van der Waals surface area (Å²) in [6, 6.07) is 30.4. The first-order chi connectivity index (χ1) is 13.4. The summed E-state index contributed by atoms with van der Waals surface area (Å²) in [4.78, 5) is 7.35. The second kappa shape index (κ2) is 5.70. The van der Waals surface area contributed by atoms with Crippen molar-refractivity contribution in [1.82, 2.24) is 4.98 Å². The van der Waals surface area contributed by atoms with E-state index in [9.17, 15) is 0 Å². The van der Waals surface area contributed by atoms with Crippen molar-refractivity contribution in [2.45, 2.75) is 9.79 Å². The molecule has 2 heterocycles. The zero-order chi connectivity index (χ0) is 17.8. The number of aromatic nitrogens is 1. The van der Waals surface area contributed by atoms with Gasteiger partial charge < -0.3 is 0 Å². The summed E-state index contributed by atoms with van der Waals surface area (Å²) in [5.41, 5.74) is 10.0. The van der Waals surface area contributed by atoms with E-state index in [1.54, 1.807) is 0 Å². The Balaban J connectivity index is 1.81. The lowest BCUT2D eigenvalue weighted by atomic mass is 9.88. The Hall–Kier alpha value is -3.10. The summed E-state index contributed by atoms with van der Waals surface area (Å²) in [5, 5.41) is 0. The molecule has 1 nitrogen and oxygen atoms in total. The predicted molar refractivity (Wildman–Crippen MR) is 112 cm³/mol. The quantitative estimate of drug-likeness (QED) is 0.305. The second-order valence-corrected chi connectivity index (χ2v) is 7.87. The van der Waals surface area contributed by atoms with Gasteiger partial charge in [0.2, 0.25) is 0 Å². The van der Waals surface area contributed by atoms with Gasteiger partial charge in [0.1, 0.15) is 0 Å². The van der Waals surface area contributed by atoms with Crippen molar-refractivity contribution in [1.29, 1.82) is 0 Å². The molecular formula is C25H15NS. The van der Waals surface area contributed by atoms with Crippen molar-refractivity contribution in [3.63, 3.8) is 0 Å². The van der Waals surface area contributed by atoms with Gasteiger partial charge >= 0.3 is 0 Å². The van der Waals surface area contributed by atoms with Crippen LogP contribution in [-0.4, -0.2) is 4.98 Å². The van der Waals surface area contributed by atoms with Crippen LogP contribution in [0.15, 0.2) is 101 Å². The minimum atomic E-state index is 1.09. The van der Waals surface area contributed by atoms with Crippen molar-refractivity contribution < 1.29 is 0 Å². The van der Waals surface area contributed by atoms with E-state index in [-0.39, 0.29) is 0 Å². The lowest BCUT2D eigenvalue weighted by Crippen LogP contribution is -2.02. The van der Waals surface area contributed by atoms with Crippen molar-refractivity contribution in [2.24, 2.45) is 0 Å². The molecule has 1 aromatic heterocycles. The average molecular weight is 361 g/mol. The van der Waals surface area contributed by atoms with Gasteiger partial charge in [-0.3, -0.25) is 4.98 Å². The zero-order valence-corrected chi connectivity index (χ0v) is 15.3. The SMILES string of the molecule is c1ccc2c(c1)Sc1ccccc1C2=C1c2ccccc2-c2ncccc21. The van der Waals surface area contributed by atoms with Gasteiger partial charge in [0.05, 0.1) is 5.69 Å². The summed E-state index contributed by atoms with van der Waals surface area (Å²) >= 11 is 1.86. The van der Waals surface area contributed by atoms with E-state index in [1.165, 1.54) is 48.8 Å². The van der Waals surface area contributed by atoms with E-state index in [0.717, 1.165) is 5.69 Å². The van der Waals surface area contributed by atoms with E-state index in [4.69, 9.17) is 4.98 Å². The third-order valence-electron chi connectivity index (χ3n) is 5.31. The number of hydrogen-bond donors (Lipinski definition) is 0. The monoisotopic (exact) mass is 361 g/mol. The van der Waals surface area contributed by atoms with E-state index in [2.05, 4.69) is 78.9 Å². The summed E-state index contributed by atoms with van der Waals surface area (Å²) in [7, 11) is 0. The van der Waals surface area contributed by atoms with E-state index in [1.807, 2.05) is 24.0 Å². The van der Waals surface area contributed by atoms with E-state index in [0.29, 0.717) is 0 Å². The highest BCUT2D eigenvalue weighted by Gasteiger charge is 2.31. The van der Waals surface area contributed by atoms with Crippen molar-refractivity contribution in [3.8, 4) is 11.3 Å². The largest absolute Gasteiger partial charge is 0.256 e. The Morgan fingerprint density at radius 1 is 0.481 bits per heavy atom. The molecule has 0 spiro atoms. The molecule has 3 aromatic carbocycles. The fourth-order valence-corrected chi connectivity index (χ4v) is 5.29. The van der Waals surface area contributed by atoms with Crippen LogP contribution < -0.4 is 0 Å². The molecule has 2 heteroatoms. The highest BCUT2D eigenvalue weighted by Crippen LogP contribution is 2.53. The minimum Gasteiger partial charge on any atom is -0.256 e.